The number of benzene rings is 1. The van der Waals surface area contributed by atoms with Crippen LogP contribution in [0.4, 0.5) is 9.18 Å². The molecule has 1 aliphatic heterocycles. The van der Waals surface area contributed by atoms with Crippen LogP contribution in [0.5, 0.6) is 0 Å². The van der Waals surface area contributed by atoms with Crippen LogP contribution in [0.15, 0.2) is 30.3 Å². The normalized spacial score (nSPS) is 14.1. The van der Waals surface area contributed by atoms with Gasteiger partial charge in [0.2, 0.25) is 5.91 Å². The number of thiophene rings is 1. The topological polar surface area (TPSA) is 96.3 Å². The Hall–Kier alpha value is -3.27. The quantitative estimate of drug-likeness (QED) is 0.667. The van der Waals surface area contributed by atoms with Crippen LogP contribution in [-0.2, 0) is 11.3 Å². The first-order valence-electron chi connectivity index (χ1n) is 8.04. The number of imide groups is 1. The molecule has 2 N–H and O–H groups in total. The number of nitrogens with one attached hydrogen (secondary N) is 2. The number of amides is 4. The first kappa shape index (κ1) is 17.2. The van der Waals surface area contributed by atoms with Gasteiger partial charge in [0.1, 0.15) is 17.2 Å². The third kappa shape index (κ3) is 3.26. The number of fused-ring (bicyclic) bond motifs is 1. The Bertz CT molecular complexity index is 1070. The lowest BCUT2D eigenvalue weighted by Crippen LogP contribution is -2.43. The molecule has 0 aliphatic carbocycles. The second-order valence-corrected chi connectivity index (χ2v) is 7.11. The summed E-state index contributed by atoms with van der Waals surface area (Å²) < 4.78 is 14.8. The minimum atomic E-state index is -0.659. The maximum Gasteiger partial charge on any atom is 0.343 e. The highest BCUT2D eigenvalue weighted by Crippen LogP contribution is 2.29. The van der Waals surface area contributed by atoms with Crippen molar-refractivity contribution in [2.75, 3.05) is 6.54 Å². The summed E-state index contributed by atoms with van der Waals surface area (Å²) in [5.74, 6) is -1.25. The molecule has 4 amide bonds. The molecule has 0 radical (unpaired) electrons. The van der Waals surface area contributed by atoms with E-state index in [-0.39, 0.29) is 12.4 Å². The number of carbonyl (C=O) groups excluding carboxylic acids is 3. The summed E-state index contributed by atoms with van der Waals surface area (Å²) in [4.78, 5) is 36.4. The Kier molecular flexibility index (Phi) is 4.11. The van der Waals surface area contributed by atoms with Gasteiger partial charge in [0.25, 0.3) is 5.91 Å². The summed E-state index contributed by atoms with van der Waals surface area (Å²) in [7, 11) is 0. The number of rotatable bonds is 4. The summed E-state index contributed by atoms with van der Waals surface area (Å²) in [6.45, 7) is 2.06. The molecule has 0 unspecified atom stereocenters. The summed E-state index contributed by atoms with van der Waals surface area (Å²) in [5, 5.41) is 8.33. The zero-order chi connectivity index (χ0) is 19.1. The van der Waals surface area contributed by atoms with E-state index in [0.717, 1.165) is 26.5 Å². The monoisotopic (exact) mass is 387 g/mol. The molecule has 138 valence electrons. The molecule has 8 nitrogen and oxygen atoms in total. The van der Waals surface area contributed by atoms with Gasteiger partial charge in [-0.1, -0.05) is 12.1 Å². The third-order valence-corrected chi connectivity index (χ3v) is 5.25. The Labute approximate surface area is 156 Å². The van der Waals surface area contributed by atoms with Gasteiger partial charge in [0, 0.05) is 5.39 Å². The number of hydrogen-bond acceptors (Lipinski definition) is 5. The van der Waals surface area contributed by atoms with Crippen molar-refractivity contribution in [1.29, 1.82) is 0 Å². The zero-order valence-electron chi connectivity index (χ0n) is 14.2. The van der Waals surface area contributed by atoms with Crippen molar-refractivity contribution in [2.45, 2.75) is 13.5 Å². The van der Waals surface area contributed by atoms with Gasteiger partial charge in [-0.3, -0.25) is 25.0 Å². The Morgan fingerprint density at radius 1 is 1.33 bits per heavy atom. The fourth-order valence-corrected chi connectivity index (χ4v) is 3.85. The number of urea groups is 1. The molecule has 2 aromatic heterocycles. The molecule has 1 fully saturated rings. The van der Waals surface area contributed by atoms with Gasteiger partial charge in [-0.15, -0.1) is 11.3 Å². The summed E-state index contributed by atoms with van der Waals surface area (Å²) in [6, 6.07) is 7.18. The van der Waals surface area contributed by atoms with Crippen LogP contribution in [0, 0.1) is 12.7 Å². The molecule has 1 aliphatic rings. The van der Waals surface area contributed by atoms with Crippen molar-refractivity contribution >= 4 is 39.4 Å². The van der Waals surface area contributed by atoms with E-state index in [2.05, 4.69) is 15.8 Å². The molecule has 3 heterocycles. The minimum Gasteiger partial charge on any atom is -0.275 e. The predicted octanol–water partition coefficient (Wildman–Crippen LogP) is 1.79. The van der Waals surface area contributed by atoms with Crippen molar-refractivity contribution in [3.63, 3.8) is 0 Å². The van der Waals surface area contributed by atoms with Gasteiger partial charge in [-0.2, -0.15) is 5.10 Å². The van der Waals surface area contributed by atoms with E-state index >= 15 is 0 Å². The summed E-state index contributed by atoms with van der Waals surface area (Å²) in [5.41, 5.74) is 4.06. The van der Waals surface area contributed by atoms with E-state index in [1.165, 1.54) is 23.5 Å². The van der Waals surface area contributed by atoms with Crippen molar-refractivity contribution < 1.29 is 18.8 Å². The van der Waals surface area contributed by atoms with Gasteiger partial charge in [0.15, 0.2) is 0 Å². The average Bonchev–Trinajstić information content (AvgIpc) is 3.27. The molecule has 1 saturated heterocycles. The fraction of sp³-hybridized carbons (Fsp3) is 0.176. The van der Waals surface area contributed by atoms with E-state index in [0.29, 0.717) is 11.4 Å². The van der Waals surface area contributed by atoms with E-state index in [1.807, 2.05) is 6.92 Å². The van der Waals surface area contributed by atoms with Crippen LogP contribution in [-0.4, -0.2) is 39.2 Å². The first-order chi connectivity index (χ1) is 12.9. The average molecular weight is 387 g/mol. The van der Waals surface area contributed by atoms with Crippen LogP contribution in [0.2, 0.25) is 0 Å². The minimum absolute atomic E-state index is 0.215. The summed E-state index contributed by atoms with van der Waals surface area (Å²) >= 11 is 1.23. The highest BCUT2D eigenvalue weighted by Gasteiger charge is 2.29. The Balaban J connectivity index is 1.58. The van der Waals surface area contributed by atoms with Crippen LogP contribution in [0.3, 0.4) is 0 Å². The number of aryl methyl sites for hydroxylation is 1. The maximum absolute atomic E-state index is 13.1. The molecule has 10 heteroatoms. The SMILES string of the molecule is Cc1nn(Cc2ccc(F)cc2)c2sc(C(=O)NN3CC(=O)NC3=O)cc12. The van der Waals surface area contributed by atoms with Gasteiger partial charge in [0.05, 0.1) is 17.1 Å². The number of halogens is 1. The lowest BCUT2D eigenvalue weighted by Gasteiger charge is -2.13. The molecule has 0 atom stereocenters. The molecule has 0 spiro atoms. The summed E-state index contributed by atoms with van der Waals surface area (Å²) in [6.07, 6.45) is 0. The highest BCUT2D eigenvalue weighted by atomic mass is 32.1. The molecular weight excluding hydrogens is 373 g/mol. The van der Waals surface area contributed by atoms with Gasteiger partial charge in [-0.25, -0.2) is 14.2 Å². The Morgan fingerprint density at radius 3 is 2.74 bits per heavy atom. The number of nitrogens with zero attached hydrogens (tertiary/aromatic N) is 3. The van der Waals surface area contributed by atoms with Gasteiger partial charge in [-0.05, 0) is 30.7 Å². The Morgan fingerprint density at radius 2 is 2.07 bits per heavy atom. The highest BCUT2D eigenvalue weighted by molar-refractivity contribution is 7.20. The van der Waals surface area contributed by atoms with Crippen molar-refractivity contribution in [2.24, 2.45) is 0 Å². The number of aromatic nitrogens is 2. The zero-order valence-corrected chi connectivity index (χ0v) is 15.0. The molecule has 27 heavy (non-hydrogen) atoms. The number of hydrogen-bond donors (Lipinski definition) is 2. The standard InChI is InChI=1S/C17H14FN5O3S/c1-9-12-6-13(15(25)21-23-8-14(24)19-17(23)26)27-16(12)22(20-9)7-10-2-4-11(18)5-3-10/h2-6H,7-8H2,1H3,(H,21,25)(H,19,24,26). The third-order valence-electron chi connectivity index (χ3n) is 4.11. The van der Waals surface area contributed by atoms with Gasteiger partial charge < -0.3 is 0 Å². The van der Waals surface area contributed by atoms with E-state index in [4.69, 9.17) is 0 Å². The predicted molar refractivity (Wildman–Crippen MR) is 95.6 cm³/mol. The lowest BCUT2D eigenvalue weighted by atomic mass is 10.2. The lowest BCUT2D eigenvalue weighted by molar-refractivity contribution is -0.118. The molecule has 3 aromatic rings. The first-order valence-corrected chi connectivity index (χ1v) is 8.86. The number of hydrazine groups is 1. The van der Waals surface area contributed by atoms with Crippen LogP contribution < -0.4 is 10.7 Å². The second-order valence-electron chi connectivity index (χ2n) is 6.08. The fourth-order valence-electron chi connectivity index (χ4n) is 2.80. The second kappa shape index (κ2) is 6.47. The van der Waals surface area contributed by atoms with Crippen molar-refractivity contribution in [1.82, 2.24) is 25.5 Å². The van der Waals surface area contributed by atoms with Gasteiger partial charge >= 0.3 is 6.03 Å². The van der Waals surface area contributed by atoms with Crippen LogP contribution >= 0.6 is 11.3 Å². The van der Waals surface area contributed by atoms with E-state index < -0.39 is 17.8 Å². The molecule has 0 bridgehead atoms. The largest absolute Gasteiger partial charge is 0.343 e. The molecule has 1 aromatic carbocycles. The van der Waals surface area contributed by atoms with E-state index in [1.54, 1.807) is 22.9 Å². The number of carbonyl (C=O) groups is 3. The maximum atomic E-state index is 13.1. The van der Waals surface area contributed by atoms with Crippen LogP contribution in [0.1, 0.15) is 20.9 Å². The molecule has 0 saturated carbocycles. The van der Waals surface area contributed by atoms with Crippen molar-refractivity contribution in [3.8, 4) is 0 Å². The molecule has 4 rings (SSSR count). The smallest absolute Gasteiger partial charge is 0.275 e. The molecular formula is C17H14FN5O3S. The van der Waals surface area contributed by atoms with E-state index in [9.17, 15) is 18.8 Å². The van der Waals surface area contributed by atoms with Crippen LogP contribution in [0.25, 0.3) is 10.2 Å². The van der Waals surface area contributed by atoms with Crippen molar-refractivity contribution in [3.05, 3.63) is 52.3 Å².